The standard InChI is InChI=1S/C12H22BrN3O/c1-14-2-4-15(5-3-14)6-7-16-10-11(9-13)8-12(16)17/h11H,2-10H2,1H3. The number of halogens is 1. The maximum absolute atomic E-state index is 11.7. The summed E-state index contributed by atoms with van der Waals surface area (Å²) < 4.78 is 0. The zero-order valence-corrected chi connectivity index (χ0v) is 12.2. The van der Waals surface area contributed by atoms with Crippen molar-refractivity contribution in [3.8, 4) is 0 Å². The van der Waals surface area contributed by atoms with Crippen LogP contribution in [0.3, 0.4) is 0 Å². The van der Waals surface area contributed by atoms with E-state index in [0.29, 0.717) is 11.8 Å². The Balaban J connectivity index is 1.70. The maximum atomic E-state index is 11.7. The number of carbonyl (C=O) groups is 1. The molecule has 0 aromatic rings. The lowest BCUT2D eigenvalue weighted by Crippen LogP contribution is -2.47. The summed E-state index contributed by atoms with van der Waals surface area (Å²) in [7, 11) is 2.17. The van der Waals surface area contributed by atoms with Gasteiger partial charge in [-0.05, 0) is 13.0 Å². The van der Waals surface area contributed by atoms with Crippen molar-refractivity contribution < 1.29 is 4.79 Å². The van der Waals surface area contributed by atoms with Gasteiger partial charge in [0.05, 0.1) is 0 Å². The Morgan fingerprint density at radius 3 is 2.53 bits per heavy atom. The molecule has 2 heterocycles. The zero-order chi connectivity index (χ0) is 12.3. The Kier molecular flexibility index (Phi) is 4.82. The van der Waals surface area contributed by atoms with E-state index >= 15 is 0 Å². The lowest BCUT2D eigenvalue weighted by Gasteiger charge is -2.33. The molecule has 1 atom stereocenters. The number of amides is 1. The first kappa shape index (κ1) is 13.3. The van der Waals surface area contributed by atoms with E-state index in [-0.39, 0.29) is 0 Å². The van der Waals surface area contributed by atoms with Crippen LogP contribution in [0.2, 0.25) is 0 Å². The molecule has 2 aliphatic rings. The quantitative estimate of drug-likeness (QED) is 0.707. The second kappa shape index (κ2) is 6.16. The van der Waals surface area contributed by atoms with Crippen LogP contribution in [0.5, 0.6) is 0 Å². The fraction of sp³-hybridized carbons (Fsp3) is 0.917. The summed E-state index contributed by atoms with van der Waals surface area (Å²) in [6.07, 6.45) is 0.730. The number of hydrogen-bond donors (Lipinski definition) is 0. The molecular weight excluding hydrogens is 282 g/mol. The molecule has 1 amide bonds. The van der Waals surface area contributed by atoms with Crippen LogP contribution in [0, 0.1) is 5.92 Å². The summed E-state index contributed by atoms with van der Waals surface area (Å²) >= 11 is 3.47. The van der Waals surface area contributed by atoms with Crippen molar-refractivity contribution in [3.63, 3.8) is 0 Å². The predicted octanol–water partition coefficient (Wildman–Crippen LogP) is 0.477. The third kappa shape index (κ3) is 3.66. The number of piperazine rings is 1. The number of likely N-dealkylation sites (N-methyl/N-ethyl adjacent to an activating group) is 1. The molecule has 4 nitrogen and oxygen atoms in total. The van der Waals surface area contributed by atoms with Crippen LogP contribution < -0.4 is 0 Å². The summed E-state index contributed by atoms with van der Waals surface area (Å²) in [6, 6.07) is 0. The van der Waals surface area contributed by atoms with Gasteiger partial charge in [-0.25, -0.2) is 0 Å². The minimum atomic E-state index is 0.337. The van der Waals surface area contributed by atoms with Gasteiger partial charge in [-0.15, -0.1) is 0 Å². The van der Waals surface area contributed by atoms with Crippen molar-refractivity contribution >= 4 is 21.8 Å². The van der Waals surface area contributed by atoms with E-state index < -0.39 is 0 Å². The van der Waals surface area contributed by atoms with Gasteiger partial charge in [-0.1, -0.05) is 15.9 Å². The third-order valence-corrected chi connectivity index (χ3v) is 4.71. The smallest absolute Gasteiger partial charge is 0.222 e. The van der Waals surface area contributed by atoms with E-state index in [1.54, 1.807) is 0 Å². The first-order valence-corrected chi connectivity index (χ1v) is 7.56. The average Bonchev–Trinajstić information content (AvgIpc) is 2.69. The normalized spacial score (nSPS) is 28.0. The molecule has 2 rings (SSSR count). The van der Waals surface area contributed by atoms with Gasteiger partial charge in [0, 0.05) is 57.6 Å². The highest BCUT2D eigenvalue weighted by atomic mass is 79.9. The van der Waals surface area contributed by atoms with Gasteiger partial charge in [-0.3, -0.25) is 9.69 Å². The maximum Gasteiger partial charge on any atom is 0.222 e. The molecule has 5 heteroatoms. The number of nitrogens with zero attached hydrogens (tertiary/aromatic N) is 3. The zero-order valence-electron chi connectivity index (χ0n) is 10.6. The molecule has 0 radical (unpaired) electrons. The Morgan fingerprint density at radius 2 is 1.94 bits per heavy atom. The van der Waals surface area contributed by atoms with E-state index in [1.165, 1.54) is 0 Å². The van der Waals surface area contributed by atoms with Crippen LogP contribution in [0.15, 0.2) is 0 Å². The lowest BCUT2D eigenvalue weighted by atomic mass is 10.2. The number of carbonyl (C=O) groups excluding carboxylic acids is 1. The minimum Gasteiger partial charge on any atom is -0.341 e. The highest BCUT2D eigenvalue weighted by molar-refractivity contribution is 9.09. The fourth-order valence-electron chi connectivity index (χ4n) is 2.51. The van der Waals surface area contributed by atoms with Crippen LogP contribution >= 0.6 is 15.9 Å². The van der Waals surface area contributed by atoms with E-state index in [1.807, 2.05) is 4.90 Å². The van der Waals surface area contributed by atoms with Crippen molar-refractivity contribution in [2.45, 2.75) is 6.42 Å². The second-order valence-electron chi connectivity index (χ2n) is 5.21. The van der Waals surface area contributed by atoms with Crippen molar-refractivity contribution in [3.05, 3.63) is 0 Å². The molecule has 0 N–H and O–H groups in total. The van der Waals surface area contributed by atoms with Crippen LogP contribution in [0.1, 0.15) is 6.42 Å². The highest BCUT2D eigenvalue weighted by Gasteiger charge is 2.28. The lowest BCUT2D eigenvalue weighted by molar-refractivity contribution is -0.127. The van der Waals surface area contributed by atoms with Crippen LogP contribution in [0.4, 0.5) is 0 Å². The van der Waals surface area contributed by atoms with Crippen LogP contribution in [0.25, 0.3) is 0 Å². The second-order valence-corrected chi connectivity index (χ2v) is 5.86. The molecule has 0 aromatic heterocycles. The van der Waals surface area contributed by atoms with E-state index in [9.17, 15) is 4.79 Å². The topological polar surface area (TPSA) is 26.8 Å². The van der Waals surface area contributed by atoms with Gasteiger partial charge in [0.15, 0.2) is 0 Å². The van der Waals surface area contributed by atoms with Crippen molar-refractivity contribution in [1.29, 1.82) is 0 Å². The molecular formula is C12H22BrN3O. The number of rotatable bonds is 4. The summed E-state index contributed by atoms with van der Waals surface area (Å²) in [4.78, 5) is 18.6. The molecule has 1 unspecified atom stereocenters. The average molecular weight is 304 g/mol. The predicted molar refractivity (Wildman–Crippen MR) is 72.4 cm³/mol. The number of likely N-dealkylation sites (tertiary alicyclic amines) is 1. The van der Waals surface area contributed by atoms with Crippen LogP contribution in [-0.2, 0) is 4.79 Å². The molecule has 2 aliphatic heterocycles. The summed E-state index contributed by atoms with van der Waals surface area (Å²) in [6.45, 7) is 7.47. The van der Waals surface area contributed by atoms with Gasteiger partial charge >= 0.3 is 0 Å². The van der Waals surface area contributed by atoms with Crippen LogP contribution in [-0.4, -0.2) is 78.8 Å². The summed E-state index contributed by atoms with van der Waals surface area (Å²) in [5, 5.41) is 0.948. The fourth-order valence-corrected chi connectivity index (χ4v) is 2.94. The SMILES string of the molecule is CN1CCN(CCN2CC(CBr)CC2=O)CC1. The van der Waals surface area contributed by atoms with Crippen molar-refractivity contribution in [2.75, 3.05) is 58.2 Å². The highest BCUT2D eigenvalue weighted by Crippen LogP contribution is 2.19. The molecule has 98 valence electrons. The summed E-state index contributed by atoms with van der Waals surface area (Å²) in [5.41, 5.74) is 0. The Hall–Kier alpha value is -0.130. The monoisotopic (exact) mass is 303 g/mol. The van der Waals surface area contributed by atoms with E-state index in [0.717, 1.165) is 57.6 Å². The largest absolute Gasteiger partial charge is 0.341 e. The first-order valence-electron chi connectivity index (χ1n) is 6.43. The Bertz CT molecular complexity index is 266. The first-order chi connectivity index (χ1) is 8.19. The molecule has 2 fully saturated rings. The molecule has 0 aromatic carbocycles. The molecule has 0 bridgehead atoms. The summed E-state index contributed by atoms with van der Waals surface area (Å²) in [5.74, 6) is 0.860. The van der Waals surface area contributed by atoms with Gasteiger partial charge in [-0.2, -0.15) is 0 Å². The van der Waals surface area contributed by atoms with Crippen molar-refractivity contribution in [1.82, 2.24) is 14.7 Å². The minimum absolute atomic E-state index is 0.337. The van der Waals surface area contributed by atoms with E-state index in [4.69, 9.17) is 0 Å². The molecule has 2 saturated heterocycles. The Morgan fingerprint density at radius 1 is 1.24 bits per heavy atom. The Labute approximate surface area is 112 Å². The third-order valence-electron chi connectivity index (χ3n) is 3.79. The molecule has 0 spiro atoms. The van der Waals surface area contributed by atoms with E-state index in [2.05, 4.69) is 32.8 Å². The van der Waals surface area contributed by atoms with Gasteiger partial charge in [0.2, 0.25) is 5.91 Å². The molecule has 17 heavy (non-hydrogen) atoms. The molecule has 0 saturated carbocycles. The molecule has 0 aliphatic carbocycles. The van der Waals surface area contributed by atoms with Crippen molar-refractivity contribution in [2.24, 2.45) is 5.92 Å². The van der Waals surface area contributed by atoms with Gasteiger partial charge in [0.1, 0.15) is 0 Å². The van der Waals surface area contributed by atoms with Gasteiger partial charge < -0.3 is 9.80 Å². The van der Waals surface area contributed by atoms with Gasteiger partial charge in [0.25, 0.3) is 0 Å². The number of alkyl halides is 1. The number of hydrogen-bond acceptors (Lipinski definition) is 3.